The molecule has 0 spiro atoms. The maximum Gasteiger partial charge on any atom is 0.275 e. The third-order valence-electron chi connectivity index (χ3n) is 5.36. The van der Waals surface area contributed by atoms with Crippen LogP contribution in [0.3, 0.4) is 0 Å². The molecule has 0 aliphatic heterocycles. The lowest BCUT2D eigenvalue weighted by molar-refractivity contribution is 0.0945. The summed E-state index contributed by atoms with van der Waals surface area (Å²) in [7, 11) is 0. The lowest BCUT2D eigenvalue weighted by atomic mass is 10.1. The number of hydrogen-bond acceptors (Lipinski definition) is 6. The monoisotopic (exact) mass is 463 g/mol. The number of ketones is 1. The number of ether oxygens (including phenoxy) is 1. The molecule has 0 saturated carbocycles. The third kappa shape index (κ3) is 5.06. The second-order valence-corrected chi connectivity index (χ2v) is 7.76. The van der Waals surface area contributed by atoms with Crippen LogP contribution in [0.1, 0.15) is 32.2 Å². The highest BCUT2D eigenvalue weighted by Gasteiger charge is 2.17. The molecule has 8 heteroatoms. The summed E-state index contributed by atoms with van der Waals surface area (Å²) >= 11 is 0. The van der Waals surface area contributed by atoms with Crippen LogP contribution in [-0.2, 0) is 6.42 Å². The fourth-order valence-electron chi connectivity index (χ4n) is 3.59. The molecule has 0 aliphatic carbocycles. The summed E-state index contributed by atoms with van der Waals surface area (Å²) < 4.78 is 5.81. The molecule has 5 rings (SSSR count). The minimum Gasteiger partial charge on any atom is -0.437 e. The number of carbonyl (C=O) groups excluding carboxylic acids is 2. The van der Waals surface area contributed by atoms with E-state index in [0.29, 0.717) is 24.3 Å². The normalized spacial score (nSPS) is 10.7. The molecule has 0 aliphatic rings. The van der Waals surface area contributed by atoms with Crippen molar-refractivity contribution >= 4 is 22.7 Å². The highest BCUT2D eigenvalue weighted by Crippen LogP contribution is 2.23. The minimum absolute atomic E-state index is 0.0843. The van der Waals surface area contributed by atoms with Gasteiger partial charge in [0.15, 0.2) is 11.5 Å². The van der Waals surface area contributed by atoms with Crippen molar-refractivity contribution in [2.24, 2.45) is 0 Å². The van der Waals surface area contributed by atoms with E-state index in [1.165, 1.54) is 12.4 Å². The summed E-state index contributed by atoms with van der Waals surface area (Å²) in [6.07, 6.45) is 3.59. The number of fused-ring (bicyclic) bond motifs is 1. The number of rotatable bonds is 8. The van der Waals surface area contributed by atoms with Crippen LogP contribution in [0.5, 0.6) is 11.6 Å². The fourth-order valence-corrected chi connectivity index (χ4v) is 3.59. The molecule has 5 aromatic rings. The molecule has 2 aromatic heterocycles. The van der Waals surface area contributed by atoms with E-state index < -0.39 is 0 Å². The number of H-pyrrole nitrogens is 1. The number of carbonyl (C=O) groups is 2. The number of nitrogens with one attached hydrogen (secondary N) is 2. The van der Waals surface area contributed by atoms with Crippen molar-refractivity contribution in [3.63, 3.8) is 0 Å². The van der Waals surface area contributed by atoms with Crippen molar-refractivity contribution in [2.75, 3.05) is 6.54 Å². The van der Waals surface area contributed by atoms with E-state index in [9.17, 15) is 9.59 Å². The Morgan fingerprint density at radius 2 is 1.60 bits per heavy atom. The van der Waals surface area contributed by atoms with Crippen molar-refractivity contribution in [3.8, 4) is 11.6 Å². The molecule has 2 heterocycles. The smallest absolute Gasteiger partial charge is 0.275 e. The second-order valence-electron chi connectivity index (χ2n) is 7.76. The van der Waals surface area contributed by atoms with Crippen molar-refractivity contribution in [1.29, 1.82) is 0 Å². The first-order valence-electron chi connectivity index (χ1n) is 11.1. The lowest BCUT2D eigenvalue weighted by Gasteiger charge is -2.10. The molecular formula is C27H21N5O3. The molecule has 0 saturated heterocycles. The van der Waals surface area contributed by atoms with E-state index in [0.717, 1.165) is 16.6 Å². The molecule has 1 amide bonds. The number of imidazole rings is 1. The first kappa shape index (κ1) is 22.0. The Labute approximate surface area is 201 Å². The zero-order valence-corrected chi connectivity index (χ0v) is 18.6. The van der Waals surface area contributed by atoms with E-state index in [4.69, 9.17) is 4.74 Å². The summed E-state index contributed by atoms with van der Waals surface area (Å²) in [5.74, 6) is 0.167. The van der Waals surface area contributed by atoms with Crippen LogP contribution < -0.4 is 10.1 Å². The van der Waals surface area contributed by atoms with E-state index in [2.05, 4.69) is 25.3 Å². The number of aromatic amines is 1. The van der Waals surface area contributed by atoms with Crippen LogP contribution in [0.25, 0.3) is 11.0 Å². The first-order valence-corrected chi connectivity index (χ1v) is 11.1. The van der Waals surface area contributed by atoms with E-state index >= 15 is 0 Å². The topological polar surface area (TPSA) is 110 Å². The highest BCUT2D eigenvalue weighted by atomic mass is 16.5. The van der Waals surface area contributed by atoms with Gasteiger partial charge in [-0.3, -0.25) is 9.59 Å². The Balaban J connectivity index is 1.25. The molecule has 0 atom stereocenters. The van der Waals surface area contributed by atoms with Crippen LogP contribution in [-0.4, -0.2) is 38.2 Å². The van der Waals surface area contributed by atoms with Gasteiger partial charge in [0.2, 0.25) is 5.78 Å². The largest absolute Gasteiger partial charge is 0.437 e. The standard InChI is InChI=1S/C27H21N5O3/c33-24(25-31-21-8-4-5-9-22(21)32-25)19-10-12-20(13-11-19)35-27-23(28-16-17-30-27)26(34)29-15-14-18-6-2-1-3-7-18/h1-13,16-17H,14-15H2,(H,29,34)(H,31,32). The Bertz CT molecular complexity index is 1450. The molecule has 0 fully saturated rings. The Morgan fingerprint density at radius 1 is 0.857 bits per heavy atom. The van der Waals surface area contributed by atoms with Gasteiger partial charge in [0.1, 0.15) is 5.75 Å². The third-order valence-corrected chi connectivity index (χ3v) is 5.36. The minimum atomic E-state index is -0.374. The van der Waals surface area contributed by atoms with Crippen LogP contribution in [0.2, 0.25) is 0 Å². The van der Waals surface area contributed by atoms with Gasteiger partial charge < -0.3 is 15.0 Å². The van der Waals surface area contributed by atoms with Crippen LogP contribution in [0.4, 0.5) is 0 Å². The van der Waals surface area contributed by atoms with Crippen molar-refractivity contribution in [3.05, 3.63) is 114 Å². The van der Waals surface area contributed by atoms with Gasteiger partial charge in [-0.25, -0.2) is 15.0 Å². The second kappa shape index (κ2) is 9.96. The Kier molecular flexibility index (Phi) is 6.25. The van der Waals surface area contributed by atoms with Gasteiger partial charge in [-0.05, 0) is 48.4 Å². The SMILES string of the molecule is O=C(c1ccc(Oc2nccnc2C(=O)NCCc2ccccc2)cc1)c1nc2ccccc2[nH]1. The zero-order chi connectivity index (χ0) is 24.0. The number of hydrogen-bond donors (Lipinski definition) is 2. The van der Waals surface area contributed by atoms with Gasteiger partial charge in [0, 0.05) is 24.5 Å². The maximum atomic E-state index is 12.8. The molecule has 8 nitrogen and oxygen atoms in total. The van der Waals surface area contributed by atoms with Gasteiger partial charge in [-0.15, -0.1) is 0 Å². The molecule has 172 valence electrons. The maximum absolute atomic E-state index is 12.8. The molecule has 3 aromatic carbocycles. The Morgan fingerprint density at radius 3 is 2.40 bits per heavy atom. The molecule has 0 radical (unpaired) electrons. The predicted octanol–water partition coefficient (Wildman–Crippen LogP) is 4.35. The summed E-state index contributed by atoms with van der Waals surface area (Å²) in [6.45, 7) is 0.456. The van der Waals surface area contributed by atoms with Gasteiger partial charge in [0.05, 0.1) is 11.0 Å². The van der Waals surface area contributed by atoms with Crippen molar-refractivity contribution < 1.29 is 14.3 Å². The van der Waals surface area contributed by atoms with Crippen molar-refractivity contribution in [2.45, 2.75) is 6.42 Å². The number of amides is 1. The summed E-state index contributed by atoms with van der Waals surface area (Å²) in [5.41, 5.74) is 3.19. The molecular weight excluding hydrogens is 442 g/mol. The zero-order valence-electron chi connectivity index (χ0n) is 18.6. The number of nitrogens with zero attached hydrogens (tertiary/aromatic N) is 3. The van der Waals surface area contributed by atoms with E-state index in [1.54, 1.807) is 24.3 Å². The molecule has 2 N–H and O–H groups in total. The van der Waals surface area contributed by atoms with E-state index in [-0.39, 0.29) is 29.1 Å². The van der Waals surface area contributed by atoms with Gasteiger partial charge in [-0.1, -0.05) is 42.5 Å². The van der Waals surface area contributed by atoms with Gasteiger partial charge in [0.25, 0.3) is 11.8 Å². The van der Waals surface area contributed by atoms with Gasteiger partial charge >= 0.3 is 0 Å². The summed E-state index contributed by atoms with van der Waals surface area (Å²) in [6, 6.07) is 23.9. The molecule has 35 heavy (non-hydrogen) atoms. The Hall–Kier alpha value is -4.85. The van der Waals surface area contributed by atoms with Gasteiger partial charge in [-0.2, -0.15) is 0 Å². The fraction of sp³-hybridized carbons (Fsp3) is 0.0741. The molecule has 0 unspecified atom stereocenters. The molecule has 0 bridgehead atoms. The summed E-state index contributed by atoms with van der Waals surface area (Å²) in [5, 5.41) is 2.85. The predicted molar refractivity (Wildman–Crippen MR) is 131 cm³/mol. The first-order chi connectivity index (χ1) is 17.2. The average molecular weight is 463 g/mol. The number of aromatic nitrogens is 4. The highest BCUT2D eigenvalue weighted by molar-refractivity contribution is 6.08. The summed E-state index contributed by atoms with van der Waals surface area (Å²) in [4.78, 5) is 41.2. The van der Waals surface area contributed by atoms with Crippen LogP contribution >= 0.6 is 0 Å². The van der Waals surface area contributed by atoms with E-state index in [1.807, 2.05) is 54.6 Å². The van der Waals surface area contributed by atoms with Crippen LogP contribution in [0, 0.1) is 0 Å². The lowest BCUT2D eigenvalue weighted by Crippen LogP contribution is -2.27. The van der Waals surface area contributed by atoms with Crippen molar-refractivity contribution in [1.82, 2.24) is 25.3 Å². The average Bonchev–Trinajstić information content (AvgIpc) is 3.34. The number of para-hydroxylation sites is 2. The quantitative estimate of drug-likeness (QED) is 0.331. The number of benzene rings is 3. The van der Waals surface area contributed by atoms with Crippen LogP contribution in [0.15, 0.2) is 91.3 Å².